The van der Waals surface area contributed by atoms with Crippen LogP contribution in [0.3, 0.4) is 0 Å². The number of rotatable bonds is 7. The molecule has 76 valence electrons. The molecule has 0 aliphatic carbocycles. The summed E-state index contributed by atoms with van der Waals surface area (Å²) in [5.41, 5.74) is 0. The lowest BCUT2D eigenvalue weighted by molar-refractivity contribution is -0.131. The molecule has 2 nitrogen and oxygen atoms in total. The third kappa shape index (κ3) is 7.57. The zero-order chi connectivity index (χ0) is 10.1. The van der Waals surface area contributed by atoms with Crippen molar-refractivity contribution in [1.29, 1.82) is 0 Å². The van der Waals surface area contributed by atoms with Gasteiger partial charge in [0.15, 0.2) is 0 Å². The van der Waals surface area contributed by atoms with Crippen molar-refractivity contribution in [2.75, 3.05) is 0 Å². The smallest absolute Gasteiger partial charge is 0.327 e. The maximum absolute atomic E-state index is 10.2. The van der Waals surface area contributed by atoms with Gasteiger partial charge in [0.25, 0.3) is 0 Å². The maximum Gasteiger partial charge on any atom is 0.327 e. The Hall–Kier alpha value is -0.790. The number of carboxylic acid groups (broad SMARTS) is 1. The molecule has 0 amide bonds. The Labute approximate surface area is 80.7 Å². The van der Waals surface area contributed by atoms with E-state index in [-0.39, 0.29) is 0 Å². The van der Waals surface area contributed by atoms with E-state index in [2.05, 4.69) is 13.8 Å². The minimum atomic E-state index is -0.842. The van der Waals surface area contributed by atoms with Gasteiger partial charge in [-0.15, -0.1) is 0 Å². The molecule has 0 rings (SSSR count). The highest BCUT2D eigenvalue weighted by atomic mass is 16.4. The molecule has 1 N–H and O–H groups in total. The number of unbranched alkanes of at least 4 members (excludes halogenated alkanes) is 1. The number of hydrogen-bond acceptors (Lipinski definition) is 1. The molecule has 0 fully saturated rings. The summed E-state index contributed by atoms with van der Waals surface area (Å²) in [4.78, 5) is 10.2. The predicted molar refractivity (Wildman–Crippen MR) is 54.7 cm³/mol. The molecule has 0 aliphatic rings. The van der Waals surface area contributed by atoms with E-state index in [1.807, 2.05) is 0 Å². The van der Waals surface area contributed by atoms with Crippen LogP contribution in [0.25, 0.3) is 0 Å². The van der Waals surface area contributed by atoms with Crippen LogP contribution in [0.15, 0.2) is 12.2 Å². The molecule has 0 saturated carbocycles. The fourth-order valence-electron chi connectivity index (χ4n) is 1.34. The van der Waals surface area contributed by atoms with Gasteiger partial charge in [-0.2, -0.15) is 0 Å². The van der Waals surface area contributed by atoms with Gasteiger partial charge >= 0.3 is 5.97 Å². The van der Waals surface area contributed by atoms with Gasteiger partial charge in [0.05, 0.1) is 0 Å². The van der Waals surface area contributed by atoms with E-state index >= 15 is 0 Å². The number of carbonyl (C=O) groups is 1. The fraction of sp³-hybridized carbons (Fsp3) is 0.727. The standard InChI is InChI=1S/C11H20O2/c1-3-5-7-10(4-2)8-6-9-11(12)13/h6,9-10H,3-5,7-8H2,1-2H3,(H,12,13). The summed E-state index contributed by atoms with van der Waals surface area (Å²) >= 11 is 0. The second-order valence-corrected chi connectivity index (χ2v) is 3.39. The zero-order valence-corrected chi connectivity index (χ0v) is 8.62. The van der Waals surface area contributed by atoms with Gasteiger partial charge in [-0.3, -0.25) is 0 Å². The van der Waals surface area contributed by atoms with Gasteiger partial charge in [-0.05, 0) is 12.3 Å². The lowest BCUT2D eigenvalue weighted by Gasteiger charge is -2.10. The Morgan fingerprint density at radius 1 is 1.46 bits per heavy atom. The van der Waals surface area contributed by atoms with Crippen LogP contribution in [0.4, 0.5) is 0 Å². The van der Waals surface area contributed by atoms with Crippen LogP contribution in [0.5, 0.6) is 0 Å². The highest BCUT2D eigenvalue weighted by Crippen LogP contribution is 2.16. The van der Waals surface area contributed by atoms with Crippen LogP contribution in [-0.2, 0) is 4.79 Å². The van der Waals surface area contributed by atoms with Gasteiger partial charge in [0.1, 0.15) is 0 Å². The average Bonchev–Trinajstić information content (AvgIpc) is 2.10. The van der Waals surface area contributed by atoms with Crippen molar-refractivity contribution < 1.29 is 9.90 Å². The second-order valence-electron chi connectivity index (χ2n) is 3.39. The van der Waals surface area contributed by atoms with Gasteiger partial charge in [0.2, 0.25) is 0 Å². The monoisotopic (exact) mass is 184 g/mol. The van der Waals surface area contributed by atoms with E-state index in [4.69, 9.17) is 5.11 Å². The highest BCUT2D eigenvalue weighted by molar-refractivity contribution is 5.79. The molecule has 1 unspecified atom stereocenters. The summed E-state index contributed by atoms with van der Waals surface area (Å²) in [6, 6.07) is 0. The summed E-state index contributed by atoms with van der Waals surface area (Å²) in [6.07, 6.45) is 8.75. The highest BCUT2D eigenvalue weighted by Gasteiger charge is 2.02. The molecule has 0 saturated heterocycles. The molecule has 1 atom stereocenters. The molecular weight excluding hydrogens is 164 g/mol. The van der Waals surface area contributed by atoms with Crippen molar-refractivity contribution >= 4 is 5.97 Å². The predicted octanol–water partition coefficient (Wildman–Crippen LogP) is 3.23. The molecule has 0 bridgehead atoms. The third-order valence-electron chi connectivity index (χ3n) is 2.27. The zero-order valence-electron chi connectivity index (χ0n) is 8.62. The van der Waals surface area contributed by atoms with Crippen LogP contribution in [0, 0.1) is 5.92 Å². The molecular formula is C11H20O2. The summed E-state index contributed by atoms with van der Waals surface area (Å²) < 4.78 is 0. The second kappa shape index (κ2) is 7.84. The Bertz CT molecular complexity index is 161. The Kier molecular flexibility index (Phi) is 7.36. The van der Waals surface area contributed by atoms with Crippen molar-refractivity contribution in [3.8, 4) is 0 Å². The van der Waals surface area contributed by atoms with E-state index in [0.717, 1.165) is 12.8 Å². The number of carboxylic acids is 1. The summed E-state index contributed by atoms with van der Waals surface area (Å²) in [7, 11) is 0. The minimum absolute atomic E-state index is 0.663. The fourth-order valence-corrected chi connectivity index (χ4v) is 1.34. The van der Waals surface area contributed by atoms with Crippen molar-refractivity contribution in [1.82, 2.24) is 0 Å². The van der Waals surface area contributed by atoms with Crippen LogP contribution in [-0.4, -0.2) is 11.1 Å². The third-order valence-corrected chi connectivity index (χ3v) is 2.27. The van der Waals surface area contributed by atoms with Gasteiger partial charge < -0.3 is 5.11 Å². The number of allylic oxidation sites excluding steroid dienone is 1. The summed E-state index contributed by atoms with van der Waals surface area (Å²) in [5, 5.41) is 8.39. The van der Waals surface area contributed by atoms with Crippen LogP contribution in [0.2, 0.25) is 0 Å². The maximum atomic E-state index is 10.2. The molecule has 0 aromatic rings. The van der Waals surface area contributed by atoms with Crippen LogP contribution < -0.4 is 0 Å². The average molecular weight is 184 g/mol. The number of aliphatic carboxylic acids is 1. The quantitative estimate of drug-likeness (QED) is 0.617. The van der Waals surface area contributed by atoms with E-state index in [1.165, 1.54) is 25.3 Å². The van der Waals surface area contributed by atoms with Gasteiger partial charge in [-0.1, -0.05) is 45.6 Å². The summed E-state index contributed by atoms with van der Waals surface area (Å²) in [5.74, 6) is -0.180. The van der Waals surface area contributed by atoms with E-state index in [0.29, 0.717) is 5.92 Å². The topological polar surface area (TPSA) is 37.3 Å². The lowest BCUT2D eigenvalue weighted by Crippen LogP contribution is -1.97. The van der Waals surface area contributed by atoms with Crippen molar-refractivity contribution in [2.45, 2.75) is 46.0 Å². The summed E-state index contributed by atoms with van der Waals surface area (Å²) in [6.45, 7) is 4.34. The van der Waals surface area contributed by atoms with E-state index in [1.54, 1.807) is 6.08 Å². The van der Waals surface area contributed by atoms with E-state index in [9.17, 15) is 4.79 Å². The first-order chi connectivity index (χ1) is 6.20. The molecule has 2 heteroatoms. The molecule has 0 radical (unpaired) electrons. The first-order valence-electron chi connectivity index (χ1n) is 5.10. The van der Waals surface area contributed by atoms with Crippen LogP contribution >= 0.6 is 0 Å². The lowest BCUT2D eigenvalue weighted by atomic mass is 9.96. The molecule has 0 spiro atoms. The molecule has 0 heterocycles. The van der Waals surface area contributed by atoms with Crippen molar-refractivity contribution in [3.63, 3.8) is 0 Å². The molecule has 0 aromatic carbocycles. The molecule has 13 heavy (non-hydrogen) atoms. The Balaban J connectivity index is 3.64. The van der Waals surface area contributed by atoms with E-state index < -0.39 is 5.97 Å². The first-order valence-corrected chi connectivity index (χ1v) is 5.10. The molecule has 0 aromatic heterocycles. The SMILES string of the molecule is CCCCC(CC)CC=CC(=O)O. The van der Waals surface area contributed by atoms with Crippen molar-refractivity contribution in [2.24, 2.45) is 5.92 Å². The molecule has 0 aliphatic heterocycles. The normalized spacial score (nSPS) is 13.4. The Morgan fingerprint density at radius 2 is 2.15 bits per heavy atom. The number of hydrogen-bond donors (Lipinski definition) is 1. The first kappa shape index (κ1) is 12.2. The Morgan fingerprint density at radius 3 is 2.62 bits per heavy atom. The van der Waals surface area contributed by atoms with Gasteiger partial charge in [0, 0.05) is 6.08 Å². The minimum Gasteiger partial charge on any atom is -0.478 e. The van der Waals surface area contributed by atoms with Crippen molar-refractivity contribution in [3.05, 3.63) is 12.2 Å². The van der Waals surface area contributed by atoms with Gasteiger partial charge in [-0.25, -0.2) is 4.79 Å². The van der Waals surface area contributed by atoms with Crippen LogP contribution in [0.1, 0.15) is 46.0 Å². The largest absolute Gasteiger partial charge is 0.478 e.